The van der Waals surface area contributed by atoms with Crippen LogP contribution in [0.5, 0.6) is 5.75 Å². The van der Waals surface area contributed by atoms with E-state index >= 15 is 0 Å². The zero-order valence-electron chi connectivity index (χ0n) is 11.3. The highest BCUT2D eigenvalue weighted by atomic mass is 35.5. The highest BCUT2D eigenvalue weighted by Crippen LogP contribution is 2.06. The van der Waals surface area contributed by atoms with E-state index in [1.165, 1.54) is 0 Å². The number of hydrogen-bond acceptors (Lipinski definition) is 4. The average Bonchev–Trinajstić information content (AvgIpc) is 2.49. The van der Waals surface area contributed by atoms with Crippen LogP contribution in [-0.2, 0) is 0 Å². The first-order chi connectivity index (χ1) is 9.36. The van der Waals surface area contributed by atoms with Gasteiger partial charge >= 0.3 is 0 Å². The second-order valence-corrected chi connectivity index (χ2v) is 3.86. The molecule has 0 fully saturated rings. The van der Waals surface area contributed by atoms with E-state index in [9.17, 15) is 4.79 Å². The van der Waals surface area contributed by atoms with Crippen molar-refractivity contribution in [2.45, 2.75) is 6.42 Å². The third kappa shape index (κ3) is 6.92. The Morgan fingerprint density at radius 1 is 1.10 bits per heavy atom. The third-order valence-electron chi connectivity index (χ3n) is 2.42. The number of nitrogens with zero attached hydrogens (tertiary/aromatic N) is 2. The van der Waals surface area contributed by atoms with Crippen molar-refractivity contribution in [2.24, 2.45) is 0 Å². The fourth-order valence-corrected chi connectivity index (χ4v) is 1.49. The number of halogens is 2. The number of hydrogen-bond donors (Lipinski definition) is 1. The van der Waals surface area contributed by atoms with E-state index in [4.69, 9.17) is 4.74 Å². The van der Waals surface area contributed by atoms with E-state index in [-0.39, 0.29) is 30.7 Å². The molecule has 7 heteroatoms. The number of pyridine rings is 2. The molecule has 0 atom stereocenters. The quantitative estimate of drug-likeness (QED) is 0.827. The van der Waals surface area contributed by atoms with Crippen LogP contribution in [0.25, 0.3) is 0 Å². The normalized spacial score (nSPS) is 8.95. The van der Waals surface area contributed by atoms with Gasteiger partial charge in [0, 0.05) is 25.1 Å². The van der Waals surface area contributed by atoms with Crippen LogP contribution in [0.15, 0.2) is 48.9 Å². The molecule has 0 unspecified atom stereocenters. The molecule has 0 spiro atoms. The van der Waals surface area contributed by atoms with Crippen LogP contribution >= 0.6 is 24.8 Å². The molecule has 5 nitrogen and oxygen atoms in total. The van der Waals surface area contributed by atoms with Crippen LogP contribution < -0.4 is 10.1 Å². The fraction of sp³-hybridized carbons (Fsp3) is 0.214. The molecule has 0 radical (unpaired) electrons. The minimum Gasteiger partial charge on any atom is -0.493 e. The van der Waals surface area contributed by atoms with Crippen molar-refractivity contribution in [3.8, 4) is 5.75 Å². The number of aromatic nitrogens is 2. The Kier molecular flexibility index (Phi) is 9.92. The summed E-state index contributed by atoms with van der Waals surface area (Å²) in [6, 6.07) is 8.84. The molecule has 1 amide bonds. The van der Waals surface area contributed by atoms with Gasteiger partial charge in [0.25, 0.3) is 5.91 Å². The second-order valence-electron chi connectivity index (χ2n) is 3.86. The van der Waals surface area contributed by atoms with Gasteiger partial charge in [-0.1, -0.05) is 6.07 Å². The molecule has 2 heterocycles. The molecule has 2 aromatic heterocycles. The number of carbonyl (C=O) groups excluding carboxylic acids is 1. The lowest BCUT2D eigenvalue weighted by atomic mass is 10.3. The summed E-state index contributed by atoms with van der Waals surface area (Å²) in [5, 5.41) is 2.79. The molecule has 0 aliphatic heterocycles. The van der Waals surface area contributed by atoms with Crippen LogP contribution in [-0.4, -0.2) is 29.0 Å². The van der Waals surface area contributed by atoms with Gasteiger partial charge in [0.1, 0.15) is 11.4 Å². The molecule has 0 saturated heterocycles. The summed E-state index contributed by atoms with van der Waals surface area (Å²) < 4.78 is 5.49. The van der Waals surface area contributed by atoms with E-state index < -0.39 is 0 Å². The summed E-state index contributed by atoms with van der Waals surface area (Å²) in [5.74, 6) is 0.621. The van der Waals surface area contributed by atoms with Crippen molar-refractivity contribution in [3.05, 3.63) is 54.6 Å². The predicted molar refractivity (Wildman–Crippen MR) is 85.4 cm³/mol. The van der Waals surface area contributed by atoms with Gasteiger partial charge in [-0.2, -0.15) is 0 Å². The molecule has 21 heavy (non-hydrogen) atoms. The number of rotatable bonds is 6. The Morgan fingerprint density at radius 3 is 2.52 bits per heavy atom. The van der Waals surface area contributed by atoms with E-state index in [1.807, 2.05) is 0 Å². The molecule has 2 aromatic rings. The number of carbonyl (C=O) groups is 1. The van der Waals surface area contributed by atoms with Crippen molar-refractivity contribution in [1.82, 2.24) is 15.3 Å². The minimum absolute atomic E-state index is 0. The largest absolute Gasteiger partial charge is 0.493 e. The summed E-state index contributed by atoms with van der Waals surface area (Å²) in [5.41, 5.74) is 0.428. The van der Waals surface area contributed by atoms with Gasteiger partial charge in [0.15, 0.2) is 0 Å². The Hall–Kier alpha value is -1.85. The summed E-state index contributed by atoms with van der Waals surface area (Å²) in [7, 11) is 0. The monoisotopic (exact) mass is 329 g/mol. The summed E-state index contributed by atoms with van der Waals surface area (Å²) in [6.07, 6.45) is 5.69. The molecule has 1 N–H and O–H groups in total. The molecular formula is C14H17Cl2N3O2. The van der Waals surface area contributed by atoms with Crippen molar-refractivity contribution < 1.29 is 9.53 Å². The van der Waals surface area contributed by atoms with Crippen LogP contribution in [0.4, 0.5) is 0 Å². The summed E-state index contributed by atoms with van der Waals surface area (Å²) in [4.78, 5) is 19.5. The van der Waals surface area contributed by atoms with Gasteiger partial charge in [-0.05, 0) is 30.7 Å². The molecule has 0 aliphatic carbocycles. The SMILES string of the molecule is Cl.Cl.O=C(NCCCOc1ccncc1)c1ccccn1. The third-order valence-corrected chi connectivity index (χ3v) is 2.42. The maximum atomic E-state index is 11.7. The Balaban J connectivity index is 0.00000200. The van der Waals surface area contributed by atoms with Crippen molar-refractivity contribution in [1.29, 1.82) is 0 Å². The fourth-order valence-electron chi connectivity index (χ4n) is 1.49. The molecule has 0 aromatic carbocycles. The van der Waals surface area contributed by atoms with Crippen molar-refractivity contribution >= 4 is 30.7 Å². The van der Waals surface area contributed by atoms with E-state index in [0.717, 1.165) is 12.2 Å². The Morgan fingerprint density at radius 2 is 1.86 bits per heavy atom. The lowest BCUT2D eigenvalue weighted by Crippen LogP contribution is -2.26. The smallest absolute Gasteiger partial charge is 0.269 e. The molecule has 114 valence electrons. The number of amides is 1. The second kappa shape index (κ2) is 10.9. The standard InChI is InChI=1S/C14H15N3O2.2ClH/c18-14(13-4-1-2-7-16-13)17-8-3-11-19-12-5-9-15-10-6-12;;/h1-2,4-7,9-10H,3,8,11H2,(H,17,18);2*1H. The molecule has 0 saturated carbocycles. The van der Waals surface area contributed by atoms with Gasteiger partial charge in [-0.3, -0.25) is 14.8 Å². The highest BCUT2D eigenvalue weighted by Gasteiger charge is 2.04. The van der Waals surface area contributed by atoms with Gasteiger partial charge < -0.3 is 10.1 Å². The van der Waals surface area contributed by atoms with E-state index in [2.05, 4.69) is 15.3 Å². The lowest BCUT2D eigenvalue weighted by Gasteiger charge is -2.06. The van der Waals surface area contributed by atoms with Crippen LogP contribution in [0.3, 0.4) is 0 Å². The predicted octanol–water partition coefficient (Wildman–Crippen LogP) is 2.52. The van der Waals surface area contributed by atoms with Crippen LogP contribution in [0.2, 0.25) is 0 Å². The van der Waals surface area contributed by atoms with Gasteiger partial charge in [-0.15, -0.1) is 24.8 Å². The number of ether oxygens (including phenoxy) is 1. The van der Waals surface area contributed by atoms with Crippen molar-refractivity contribution in [3.63, 3.8) is 0 Å². The maximum absolute atomic E-state index is 11.7. The minimum atomic E-state index is -0.162. The Bertz CT molecular complexity index is 512. The first-order valence-electron chi connectivity index (χ1n) is 6.08. The summed E-state index contributed by atoms with van der Waals surface area (Å²) >= 11 is 0. The van der Waals surface area contributed by atoms with Gasteiger partial charge in [-0.25, -0.2) is 0 Å². The van der Waals surface area contributed by atoms with Gasteiger partial charge in [0.2, 0.25) is 0 Å². The van der Waals surface area contributed by atoms with Crippen LogP contribution in [0.1, 0.15) is 16.9 Å². The molecular weight excluding hydrogens is 313 g/mol. The van der Waals surface area contributed by atoms with E-state index in [1.54, 1.807) is 48.9 Å². The van der Waals surface area contributed by atoms with Gasteiger partial charge in [0.05, 0.1) is 6.61 Å². The van der Waals surface area contributed by atoms with Crippen molar-refractivity contribution in [2.75, 3.05) is 13.2 Å². The zero-order chi connectivity index (χ0) is 13.3. The molecule has 2 rings (SSSR count). The highest BCUT2D eigenvalue weighted by molar-refractivity contribution is 5.92. The summed E-state index contributed by atoms with van der Waals surface area (Å²) in [6.45, 7) is 1.10. The lowest BCUT2D eigenvalue weighted by molar-refractivity contribution is 0.0946. The maximum Gasteiger partial charge on any atom is 0.269 e. The van der Waals surface area contributed by atoms with Crippen LogP contribution in [0, 0.1) is 0 Å². The first-order valence-corrected chi connectivity index (χ1v) is 6.08. The molecule has 0 aliphatic rings. The first kappa shape index (κ1) is 19.2. The average molecular weight is 330 g/mol. The molecule has 0 bridgehead atoms. The van der Waals surface area contributed by atoms with E-state index in [0.29, 0.717) is 18.8 Å². The topological polar surface area (TPSA) is 64.1 Å². The Labute approximate surface area is 136 Å². The zero-order valence-corrected chi connectivity index (χ0v) is 12.9. The number of nitrogens with one attached hydrogen (secondary N) is 1.